The van der Waals surface area contributed by atoms with E-state index in [-0.39, 0.29) is 5.25 Å². The fraction of sp³-hybridized carbons (Fsp3) is 0.263. The highest BCUT2D eigenvalue weighted by atomic mass is 32.2. The van der Waals surface area contributed by atoms with Gasteiger partial charge in [0.05, 0.1) is 11.4 Å². The molecule has 1 aromatic heterocycles. The van der Waals surface area contributed by atoms with E-state index in [9.17, 15) is 5.11 Å². The normalized spacial score (nSPS) is 13.6. The van der Waals surface area contributed by atoms with Gasteiger partial charge in [-0.15, -0.1) is 22.0 Å². The summed E-state index contributed by atoms with van der Waals surface area (Å²) >= 11 is 1.60. The van der Waals surface area contributed by atoms with Crippen molar-refractivity contribution in [2.24, 2.45) is 0 Å². The molecule has 2 atom stereocenters. The number of thioether (sulfide) groups is 1. The van der Waals surface area contributed by atoms with E-state index in [1.54, 1.807) is 11.8 Å². The Morgan fingerprint density at radius 2 is 1.75 bits per heavy atom. The van der Waals surface area contributed by atoms with E-state index < -0.39 is 6.10 Å². The van der Waals surface area contributed by atoms with Crippen molar-refractivity contribution in [1.82, 2.24) is 10.2 Å². The minimum absolute atomic E-state index is 0.0232. The van der Waals surface area contributed by atoms with Gasteiger partial charge in [-0.25, -0.2) is 0 Å². The van der Waals surface area contributed by atoms with Gasteiger partial charge in [-0.05, 0) is 31.5 Å². The van der Waals surface area contributed by atoms with Crippen LogP contribution in [0.3, 0.4) is 0 Å². The number of aliphatic hydroxyl groups is 1. The molecule has 0 spiro atoms. The molecule has 0 bridgehead atoms. The molecule has 0 aliphatic rings. The van der Waals surface area contributed by atoms with Crippen LogP contribution in [0.5, 0.6) is 0 Å². The Kier molecular flexibility index (Phi) is 5.33. The molecule has 5 heteroatoms. The summed E-state index contributed by atoms with van der Waals surface area (Å²) < 4.78 is 5.78. The van der Waals surface area contributed by atoms with Crippen molar-refractivity contribution in [3.8, 4) is 11.5 Å². The van der Waals surface area contributed by atoms with Gasteiger partial charge in [0.2, 0.25) is 11.8 Å². The van der Waals surface area contributed by atoms with E-state index in [4.69, 9.17) is 4.42 Å². The quantitative estimate of drug-likeness (QED) is 0.712. The number of nitrogens with zero attached hydrogens (tertiary/aromatic N) is 2. The van der Waals surface area contributed by atoms with E-state index in [1.807, 2.05) is 68.4 Å². The Labute approximate surface area is 145 Å². The number of aryl methyl sites for hydroxylation is 1. The number of aromatic nitrogens is 2. The molecule has 2 unspecified atom stereocenters. The highest BCUT2D eigenvalue weighted by molar-refractivity contribution is 7.99. The zero-order valence-corrected chi connectivity index (χ0v) is 14.5. The first-order chi connectivity index (χ1) is 11.6. The van der Waals surface area contributed by atoms with Gasteiger partial charge in [-0.2, -0.15) is 0 Å². The minimum atomic E-state index is -0.502. The maximum absolute atomic E-state index is 10.2. The summed E-state index contributed by atoms with van der Waals surface area (Å²) in [4.78, 5) is 0. The van der Waals surface area contributed by atoms with E-state index in [1.165, 1.54) is 5.56 Å². The average molecular weight is 340 g/mol. The number of hydrogen-bond acceptors (Lipinski definition) is 5. The molecule has 0 aliphatic carbocycles. The Balaban J connectivity index is 1.61. The van der Waals surface area contributed by atoms with Crippen LogP contribution in [0.25, 0.3) is 11.5 Å². The highest BCUT2D eigenvalue weighted by Gasteiger charge is 2.17. The molecular formula is C19H20N2O2S. The Morgan fingerprint density at radius 1 is 1.04 bits per heavy atom. The zero-order chi connectivity index (χ0) is 16.9. The summed E-state index contributed by atoms with van der Waals surface area (Å²) in [7, 11) is 0. The second-order valence-corrected chi connectivity index (χ2v) is 7.09. The Hall–Kier alpha value is -2.11. The van der Waals surface area contributed by atoms with Crippen LogP contribution in [0.1, 0.15) is 35.3 Å². The summed E-state index contributed by atoms with van der Waals surface area (Å²) in [6, 6.07) is 17.7. The first kappa shape index (κ1) is 16.7. The molecule has 124 valence electrons. The third kappa shape index (κ3) is 4.04. The van der Waals surface area contributed by atoms with Gasteiger partial charge in [-0.3, -0.25) is 0 Å². The fourth-order valence-corrected chi connectivity index (χ4v) is 3.19. The fourth-order valence-electron chi connectivity index (χ4n) is 2.29. The molecule has 1 N–H and O–H groups in total. The predicted molar refractivity (Wildman–Crippen MR) is 96.7 cm³/mol. The van der Waals surface area contributed by atoms with Crippen LogP contribution >= 0.6 is 11.8 Å². The Morgan fingerprint density at radius 3 is 2.46 bits per heavy atom. The van der Waals surface area contributed by atoms with Gasteiger partial charge < -0.3 is 9.52 Å². The van der Waals surface area contributed by atoms with Gasteiger partial charge in [0.25, 0.3) is 0 Å². The zero-order valence-electron chi connectivity index (χ0n) is 13.7. The second kappa shape index (κ2) is 7.64. The summed E-state index contributed by atoms with van der Waals surface area (Å²) in [6.07, 6.45) is -0.502. The predicted octanol–water partition coefficient (Wildman–Crippen LogP) is 4.57. The standard InChI is InChI=1S/C19H20N2O2S/c1-13-8-10-16(11-9-13)19-21-20-18(23-19)14(2)24-12-17(22)15-6-4-3-5-7-15/h3-11,14,17,22H,12H2,1-2H3. The van der Waals surface area contributed by atoms with Gasteiger partial charge in [0.15, 0.2) is 0 Å². The topological polar surface area (TPSA) is 59.2 Å². The highest BCUT2D eigenvalue weighted by Crippen LogP contribution is 2.32. The van der Waals surface area contributed by atoms with Crippen molar-refractivity contribution >= 4 is 11.8 Å². The SMILES string of the molecule is Cc1ccc(-c2nnc(C(C)SCC(O)c3ccccc3)o2)cc1. The van der Waals surface area contributed by atoms with Gasteiger partial charge in [0, 0.05) is 11.3 Å². The van der Waals surface area contributed by atoms with Crippen molar-refractivity contribution in [3.63, 3.8) is 0 Å². The second-order valence-electron chi connectivity index (χ2n) is 5.71. The molecule has 0 fully saturated rings. The van der Waals surface area contributed by atoms with Crippen LogP contribution < -0.4 is 0 Å². The smallest absolute Gasteiger partial charge is 0.247 e. The lowest BCUT2D eigenvalue weighted by Gasteiger charge is -2.12. The van der Waals surface area contributed by atoms with Crippen LogP contribution in [-0.4, -0.2) is 21.1 Å². The summed E-state index contributed by atoms with van der Waals surface area (Å²) in [5.74, 6) is 1.69. The van der Waals surface area contributed by atoms with E-state index in [2.05, 4.69) is 10.2 Å². The molecule has 24 heavy (non-hydrogen) atoms. The molecular weight excluding hydrogens is 320 g/mol. The van der Waals surface area contributed by atoms with E-state index >= 15 is 0 Å². The van der Waals surface area contributed by atoms with Gasteiger partial charge >= 0.3 is 0 Å². The van der Waals surface area contributed by atoms with E-state index in [0.29, 0.717) is 17.5 Å². The third-order valence-corrected chi connectivity index (χ3v) is 4.99. The maximum atomic E-state index is 10.2. The molecule has 0 amide bonds. The van der Waals surface area contributed by atoms with Crippen molar-refractivity contribution < 1.29 is 9.52 Å². The molecule has 4 nitrogen and oxygen atoms in total. The van der Waals surface area contributed by atoms with Crippen molar-refractivity contribution in [3.05, 3.63) is 71.6 Å². The van der Waals surface area contributed by atoms with Gasteiger partial charge in [0.1, 0.15) is 0 Å². The maximum Gasteiger partial charge on any atom is 0.247 e. The summed E-state index contributed by atoms with van der Waals surface area (Å²) in [5.41, 5.74) is 3.03. The van der Waals surface area contributed by atoms with Crippen molar-refractivity contribution in [2.75, 3.05) is 5.75 Å². The number of rotatable bonds is 6. The lowest BCUT2D eigenvalue weighted by molar-refractivity contribution is 0.204. The molecule has 3 aromatic rings. The largest absolute Gasteiger partial charge is 0.420 e. The number of benzene rings is 2. The lowest BCUT2D eigenvalue weighted by atomic mass is 10.1. The van der Waals surface area contributed by atoms with Gasteiger partial charge in [-0.1, -0.05) is 48.0 Å². The van der Waals surface area contributed by atoms with Crippen LogP contribution in [0.2, 0.25) is 0 Å². The van der Waals surface area contributed by atoms with Crippen LogP contribution in [-0.2, 0) is 0 Å². The van der Waals surface area contributed by atoms with Crippen LogP contribution in [0.4, 0.5) is 0 Å². The summed E-state index contributed by atoms with van der Waals surface area (Å²) in [6.45, 7) is 4.05. The molecule has 2 aromatic carbocycles. The molecule has 0 saturated carbocycles. The minimum Gasteiger partial charge on any atom is -0.420 e. The van der Waals surface area contributed by atoms with Crippen LogP contribution in [0, 0.1) is 6.92 Å². The average Bonchev–Trinajstić information content (AvgIpc) is 3.11. The molecule has 0 radical (unpaired) electrons. The molecule has 0 saturated heterocycles. The third-order valence-electron chi connectivity index (χ3n) is 3.78. The number of hydrogen-bond donors (Lipinski definition) is 1. The lowest BCUT2D eigenvalue weighted by Crippen LogP contribution is -2.02. The van der Waals surface area contributed by atoms with E-state index in [0.717, 1.165) is 11.1 Å². The Bertz CT molecular complexity index is 772. The molecule has 1 heterocycles. The molecule has 3 rings (SSSR count). The first-order valence-electron chi connectivity index (χ1n) is 7.88. The molecule has 0 aliphatic heterocycles. The van der Waals surface area contributed by atoms with Crippen LogP contribution in [0.15, 0.2) is 59.0 Å². The number of aliphatic hydroxyl groups excluding tert-OH is 1. The van der Waals surface area contributed by atoms with Crippen molar-refractivity contribution in [1.29, 1.82) is 0 Å². The van der Waals surface area contributed by atoms with Crippen molar-refractivity contribution in [2.45, 2.75) is 25.2 Å². The first-order valence-corrected chi connectivity index (χ1v) is 8.93. The monoisotopic (exact) mass is 340 g/mol. The summed E-state index contributed by atoms with van der Waals surface area (Å²) in [5, 5.41) is 18.5.